The van der Waals surface area contributed by atoms with Crippen molar-refractivity contribution in [2.45, 2.75) is 25.2 Å². The number of carbonyl (C=O) groups is 1. The lowest BCUT2D eigenvalue weighted by Crippen LogP contribution is -2.26. The quantitative estimate of drug-likeness (QED) is 0.291. The number of para-hydroxylation sites is 1. The van der Waals surface area contributed by atoms with Gasteiger partial charge in [0.25, 0.3) is 10.0 Å². The summed E-state index contributed by atoms with van der Waals surface area (Å²) >= 11 is 0. The van der Waals surface area contributed by atoms with Crippen LogP contribution in [0.15, 0.2) is 90.1 Å². The number of hydrogen-bond acceptors (Lipinski definition) is 5. The largest absolute Gasteiger partial charge is 0.426 e. The van der Waals surface area contributed by atoms with Gasteiger partial charge < -0.3 is 4.74 Å². The summed E-state index contributed by atoms with van der Waals surface area (Å²) in [5.74, 6) is -0.0994. The molecule has 4 rings (SSSR count). The first kappa shape index (κ1) is 23.3. The summed E-state index contributed by atoms with van der Waals surface area (Å²) in [6.45, 7) is 3.81. The van der Waals surface area contributed by atoms with Crippen LogP contribution in [0.3, 0.4) is 0 Å². The molecule has 1 heterocycles. The van der Waals surface area contributed by atoms with Gasteiger partial charge in [-0.25, -0.2) is 13.1 Å². The molecule has 8 heteroatoms. The van der Waals surface area contributed by atoms with Gasteiger partial charge in [0.05, 0.1) is 28.9 Å². The molecule has 7 nitrogen and oxygen atoms in total. The van der Waals surface area contributed by atoms with E-state index >= 15 is 0 Å². The summed E-state index contributed by atoms with van der Waals surface area (Å²) in [7, 11) is -2.22. The minimum Gasteiger partial charge on any atom is -0.426 e. The highest BCUT2D eigenvalue weighted by molar-refractivity contribution is 7.92. The average Bonchev–Trinajstić information content (AvgIpc) is 3.29. The van der Waals surface area contributed by atoms with Crippen LogP contribution in [0.1, 0.15) is 16.7 Å². The highest BCUT2D eigenvalue weighted by Gasteiger charge is 2.22. The SMILES string of the molecule is Cc1ccc(S(=O)(=O)N(C)c2ccc(OC(=O)Cc3cnn(-c4ccccc4)c3)cc2)cc1C. The van der Waals surface area contributed by atoms with E-state index in [0.29, 0.717) is 11.4 Å². The molecule has 1 aromatic heterocycles. The molecule has 0 atom stereocenters. The van der Waals surface area contributed by atoms with E-state index in [1.807, 2.05) is 44.2 Å². The van der Waals surface area contributed by atoms with E-state index in [0.717, 1.165) is 22.4 Å². The molecule has 0 amide bonds. The van der Waals surface area contributed by atoms with Crippen LogP contribution in [-0.4, -0.2) is 31.2 Å². The van der Waals surface area contributed by atoms with Gasteiger partial charge in [-0.3, -0.25) is 9.10 Å². The fourth-order valence-electron chi connectivity index (χ4n) is 3.40. The van der Waals surface area contributed by atoms with Crippen LogP contribution in [-0.2, 0) is 21.2 Å². The zero-order chi connectivity index (χ0) is 24.3. The molecule has 0 aliphatic rings. The van der Waals surface area contributed by atoms with Crippen molar-refractivity contribution in [1.82, 2.24) is 9.78 Å². The summed E-state index contributed by atoms with van der Waals surface area (Å²) in [6.07, 6.45) is 3.48. The number of carbonyl (C=O) groups excluding carboxylic acids is 1. The Hall–Kier alpha value is -3.91. The Morgan fingerprint density at radius 3 is 2.35 bits per heavy atom. The van der Waals surface area contributed by atoms with Crippen molar-refractivity contribution in [3.63, 3.8) is 0 Å². The van der Waals surface area contributed by atoms with E-state index < -0.39 is 16.0 Å². The minimum absolute atomic E-state index is 0.0651. The monoisotopic (exact) mass is 475 g/mol. The number of anilines is 1. The van der Waals surface area contributed by atoms with Gasteiger partial charge in [0, 0.05) is 18.8 Å². The summed E-state index contributed by atoms with van der Waals surface area (Å²) in [6, 6.07) is 21.0. The van der Waals surface area contributed by atoms with Crippen LogP contribution in [0.2, 0.25) is 0 Å². The summed E-state index contributed by atoms with van der Waals surface area (Å²) < 4.78 is 34.3. The highest BCUT2D eigenvalue weighted by atomic mass is 32.2. The molecular formula is C26H25N3O4S. The second-order valence-corrected chi connectivity index (χ2v) is 9.96. The second-order valence-electron chi connectivity index (χ2n) is 7.99. The maximum absolute atomic E-state index is 13.0. The topological polar surface area (TPSA) is 81.5 Å². The number of aryl methyl sites for hydroxylation is 2. The van der Waals surface area contributed by atoms with Crippen LogP contribution in [0.4, 0.5) is 5.69 Å². The number of rotatable bonds is 7. The van der Waals surface area contributed by atoms with Gasteiger partial charge in [0.2, 0.25) is 0 Å². The van der Waals surface area contributed by atoms with Crippen molar-refractivity contribution in [3.8, 4) is 11.4 Å². The molecule has 3 aromatic carbocycles. The van der Waals surface area contributed by atoms with Gasteiger partial charge in [-0.05, 0) is 73.5 Å². The molecule has 0 radical (unpaired) electrons. The molecular weight excluding hydrogens is 450 g/mol. The predicted molar refractivity (Wildman–Crippen MR) is 131 cm³/mol. The van der Waals surface area contributed by atoms with Crippen molar-refractivity contribution < 1.29 is 17.9 Å². The predicted octanol–water partition coefficient (Wildman–Crippen LogP) is 4.46. The van der Waals surface area contributed by atoms with Crippen molar-refractivity contribution in [3.05, 3.63) is 102 Å². The third-order valence-electron chi connectivity index (χ3n) is 5.57. The molecule has 0 saturated carbocycles. The molecule has 0 fully saturated rings. The third-order valence-corrected chi connectivity index (χ3v) is 7.36. The summed E-state index contributed by atoms with van der Waals surface area (Å²) in [5.41, 5.74) is 4.02. The number of benzene rings is 3. The fourth-order valence-corrected chi connectivity index (χ4v) is 4.68. The first-order valence-corrected chi connectivity index (χ1v) is 12.1. The Balaban J connectivity index is 1.41. The van der Waals surface area contributed by atoms with Crippen molar-refractivity contribution >= 4 is 21.7 Å². The maximum Gasteiger partial charge on any atom is 0.315 e. The van der Waals surface area contributed by atoms with Gasteiger partial charge in [0.1, 0.15) is 5.75 Å². The van der Waals surface area contributed by atoms with E-state index in [1.165, 1.54) is 11.4 Å². The zero-order valence-corrected chi connectivity index (χ0v) is 20.0. The maximum atomic E-state index is 13.0. The average molecular weight is 476 g/mol. The van der Waals surface area contributed by atoms with Crippen molar-refractivity contribution in [2.75, 3.05) is 11.4 Å². The van der Waals surface area contributed by atoms with Crippen LogP contribution < -0.4 is 9.04 Å². The molecule has 34 heavy (non-hydrogen) atoms. The van der Waals surface area contributed by atoms with Gasteiger partial charge in [-0.15, -0.1) is 0 Å². The van der Waals surface area contributed by atoms with Crippen LogP contribution in [0.25, 0.3) is 5.69 Å². The molecule has 0 N–H and O–H groups in total. The molecule has 0 aliphatic heterocycles. The summed E-state index contributed by atoms with van der Waals surface area (Å²) in [5, 5.41) is 4.28. The van der Waals surface area contributed by atoms with E-state index in [4.69, 9.17) is 4.74 Å². The van der Waals surface area contributed by atoms with Gasteiger partial charge >= 0.3 is 5.97 Å². The lowest BCUT2D eigenvalue weighted by atomic mass is 10.1. The number of ether oxygens (including phenoxy) is 1. The molecule has 0 saturated heterocycles. The van der Waals surface area contributed by atoms with E-state index in [-0.39, 0.29) is 11.3 Å². The van der Waals surface area contributed by atoms with Crippen LogP contribution in [0.5, 0.6) is 5.75 Å². The Morgan fingerprint density at radius 1 is 0.971 bits per heavy atom. The fraction of sp³-hybridized carbons (Fsp3) is 0.154. The molecule has 0 aliphatic carbocycles. The van der Waals surface area contributed by atoms with Crippen LogP contribution >= 0.6 is 0 Å². The van der Waals surface area contributed by atoms with Crippen molar-refractivity contribution in [2.24, 2.45) is 0 Å². The van der Waals surface area contributed by atoms with Gasteiger partial charge in [-0.2, -0.15) is 5.10 Å². The van der Waals surface area contributed by atoms with E-state index in [2.05, 4.69) is 5.10 Å². The lowest BCUT2D eigenvalue weighted by molar-refractivity contribution is -0.133. The zero-order valence-electron chi connectivity index (χ0n) is 19.2. The Labute approximate surface area is 199 Å². The number of aromatic nitrogens is 2. The normalized spacial score (nSPS) is 11.3. The van der Waals surface area contributed by atoms with E-state index in [9.17, 15) is 13.2 Å². The van der Waals surface area contributed by atoms with E-state index in [1.54, 1.807) is 59.5 Å². The summed E-state index contributed by atoms with van der Waals surface area (Å²) in [4.78, 5) is 12.6. The Bertz CT molecular complexity index is 1410. The molecule has 0 unspecified atom stereocenters. The first-order valence-electron chi connectivity index (χ1n) is 10.7. The number of sulfonamides is 1. The number of nitrogens with zero attached hydrogens (tertiary/aromatic N) is 3. The number of hydrogen-bond donors (Lipinski definition) is 0. The first-order chi connectivity index (χ1) is 16.2. The molecule has 4 aromatic rings. The second kappa shape index (κ2) is 9.52. The standard InChI is InChI=1S/C26H25N3O4S/c1-19-9-14-25(15-20(19)2)34(31,32)28(3)22-10-12-24(13-11-22)33-26(30)16-21-17-27-29(18-21)23-7-5-4-6-8-23/h4-15,17-18H,16H2,1-3H3. The van der Waals surface area contributed by atoms with Crippen LogP contribution in [0, 0.1) is 13.8 Å². The smallest absolute Gasteiger partial charge is 0.315 e. The van der Waals surface area contributed by atoms with Gasteiger partial charge in [0.15, 0.2) is 0 Å². The third kappa shape index (κ3) is 5.02. The molecule has 174 valence electrons. The highest BCUT2D eigenvalue weighted by Crippen LogP contribution is 2.25. The molecule has 0 spiro atoms. The minimum atomic E-state index is -3.71. The lowest BCUT2D eigenvalue weighted by Gasteiger charge is -2.20. The molecule has 0 bridgehead atoms. The number of esters is 1. The Kier molecular flexibility index (Phi) is 6.51. The van der Waals surface area contributed by atoms with Crippen molar-refractivity contribution in [1.29, 1.82) is 0 Å². The Morgan fingerprint density at radius 2 is 1.68 bits per heavy atom. The van der Waals surface area contributed by atoms with Gasteiger partial charge in [-0.1, -0.05) is 24.3 Å².